The van der Waals surface area contributed by atoms with Crippen LogP contribution in [0, 0.1) is 0 Å². The Hall–Kier alpha value is -1.98. The lowest BCUT2D eigenvalue weighted by Crippen LogP contribution is -2.34. The molecule has 22 heavy (non-hydrogen) atoms. The van der Waals surface area contributed by atoms with E-state index in [0.29, 0.717) is 18.2 Å². The van der Waals surface area contributed by atoms with Crippen LogP contribution < -0.4 is 20.1 Å². The molecule has 3 rings (SSSR count). The van der Waals surface area contributed by atoms with Crippen molar-refractivity contribution >= 4 is 28.9 Å². The van der Waals surface area contributed by atoms with Crippen molar-refractivity contribution in [2.24, 2.45) is 0 Å². The van der Waals surface area contributed by atoms with Gasteiger partial charge in [0.2, 0.25) is 6.79 Å². The van der Waals surface area contributed by atoms with E-state index in [1.165, 1.54) is 0 Å². The molecule has 0 fully saturated rings. The van der Waals surface area contributed by atoms with Gasteiger partial charge in [-0.2, -0.15) is 0 Å². The highest BCUT2D eigenvalue weighted by Crippen LogP contribution is 2.32. The number of fused-ring (bicyclic) bond motifs is 1. The van der Waals surface area contributed by atoms with Gasteiger partial charge < -0.3 is 20.1 Å². The molecule has 0 atom stereocenters. The third kappa shape index (κ3) is 3.61. The second kappa shape index (κ2) is 6.85. The summed E-state index contributed by atoms with van der Waals surface area (Å²) < 4.78 is 10.6. The zero-order chi connectivity index (χ0) is 15.4. The van der Waals surface area contributed by atoms with Crippen molar-refractivity contribution in [3.63, 3.8) is 0 Å². The number of thiocarbonyl (C=S) groups is 1. The van der Waals surface area contributed by atoms with Crippen LogP contribution in [0.1, 0.15) is 11.1 Å². The SMILES string of the molecule is S=C(NCc1ccc2c(c1)OCO2)NCc1ccccc1Cl. The van der Waals surface area contributed by atoms with Crippen molar-refractivity contribution in [2.45, 2.75) is 13.1 Å². The minimum Gasteiger partial charge on any atom is -0.454 e. The zero-order valence-corrected chi connectivity index (χ0v) is 13.3. The number of nitrogens with one attached hydrogen (secondary N) is 2. The molecule has 0 unspecified atom stereocenters. The summed E-state index contributed by atoms with van der Waals surface area (Å²) in [6.45, 7) is 1.49. The predicted molar refractivity (Wildman–Crippen MR) is 90.3 cm³/mol. The van der Waals surface area contributed by atoms with Gasteiger partial charge in [-0.05, 0) is 41.5 Å². The van der Waals surface area contributed by atoms with Crippen molar-refractivity contribution < 1.29 is 9.47 Å². The fourth-order valence-electron chi connectivity index (χ4n) is 2.11. The number of hydrogen-bond donors (Lipinski definition) is 2. The van der Waals surface area contributed by atoms with E-state index in [1.54, 1.807) is 0 Å². The normalized spacial score (nSPS) is 12.0. The number of benzene rings is 2. The Morgan fingerprint density at radius 2 is 1.82 bits per heavy atom. The summed E-state index contributed by atoms with van der Waals surface area (Å²) in [4.78, 5) is 0. The fourth-order valence-corrected chi connectivity index (χ4v) is 2.46. The molecule has 1 heterocycles. The highest BCUT2D eigenvalue weighted by Gasteiger charge is 2.13. The van der Waals surface area contributed by atoms with Crippen molar-refractivity contribution in [3.8, 4) is 11.5 Å². The average Bonchev–Trinajstić information content (AvgIpc) is 2.99. The zero-order valence-electron chi connectivity index (χ0n) is 11.8. The van der Waals surface area contributed by atoms with E-state index in [9.17, 15) is 0 Å². The summed E-state index contributed by atoms with van der Waals surface area (Å²) in [6, 6.07) is 13.5. The molecule has 2 N–H and O–H groups in total. The summed E-state index contributed by atoms with van der Waals surface area (Å²) >= 11 is 11.4. The molecule has 4 nitrogen and oxygen atoms in total. The van der Waals surface area contributed by atoms with Gasteiger partial charge in [-0.15, -0.1) is 0 Å². The van der Waals surface area contributed by atoms with Crippen molar-refractivity contribution in [1.29, 1.82) is 0 Å². The third-order valence-corrected chi connectivity index (χ3v) is 3.94. The van der Waals surface area contributed by atoms with Gasteiger partial charge in [-0.1, -0.05) is 35.9 Å². The summed E-state index contributed by atoms with van der Waals surface area (Å²) in [5.41, 5.74) is 2.09. The van der Waals surface area contributed by atoms with E-state index >= 15 is 0 Å². The average molecular weight is 335 g/mol. The van der Waals surface area contributed by atoms with Crippen LogP contribution in [0.5, 0.6) is 11.5 Å². The number of halogens is 1. The van der Waals surface area contributed by atoms with E-state index in [0.717, 1.165) is 27.6 Å². The van der Waals surface area contributed by atoms with E-state index < -0.39 is 0 Å². The monoisotopic (exact) mass is 334 g/mol. The van der Waals surface area contributed by atoms with E-state index in [1.807, 2.05) is 42.5 Å². The highest BCUT2D eigenvalue weighted by atomic mass is 35.5. The van der Waals surface area contributed by atoms with Crippen LogP contribution >= 0.6 is 23.8 Å². The number of rotatable bonds is 4. The molecule has 0 bridgehead atoms. The maximum Gasteiger partial charge on any atom is 0.231 e. The lowest BCUT2D eigenvalue weighted by molar-refractivity contribution is 0.174. The minimum absolute atomic E-state index is 0.282. The van der Waals surface area contributed by atoms with Crippen LogP contribution in [0.25, 0.3) is 0 Å². The lowest BCUT2D eigenvalue weighted by atomic mass is 10.2. The van der Waals surface area contributed by atoms with Gasteiger partial charge in [0, 0.05) is 18.1 Å². The van der Waals surface area contributed by atoms with Crippen LogP contribution in [0.4, 0.5) is 0 Å². The molecule has 2 aromatic rings. The summed E-state index contributed by atoms with van der Waals surface area (Å²) in [6.07, 6.45) is 0. The summed E-state index contributed by atoms with van der Waals surface area (Å²) in [7, 11) is 0. The van der Waals surface area contributed by atoms with Crippen molar-refractivity contribution in [1.82, 2.24) is 10.6 Å². The maximum atomic E-state index is 6.11. The fraction of sp³-hybridized carbons (Fsp3) is 0.188. The highest BCUT2D eigenvalue weighted by molar-refractivity contribution is 7.80. The molecule has 0 aromatic heterocycles. The van der Waals surface area contributed by atoms with Gasteiger partial charge in [0.1, 0.15) is 0 Å². The molecule has 0 spiro atoms. The molecular weight excluding hydrogens is 320 g/mol. The molecule has 0 radical (unpaired) electrons. The van der Waals surface area contributed by atoms with E-state index in [-0.39, 0.29) is 6.79 Å². The second-order valence-electron chi connectivity index (χ2n) is 4.82. The molecule has 0 amide bonds. The van der Waals surface area contributed by atoms with Crippen LogP contribution in [-0.2, 0) is 13.1 Å². The molecule has 0 saturated carbocycles. The number of ether oxygens (including phenoxy) is 2. The van der Waals surface area contributed by atoms with Gasteiger partial charge in [0.05, 0.1) is 0 Å². The van der Waals surface area contributed by atoms with Crippen LogP contribution in [0.15, 0.2) is 42.5 Å². The lowest BCUT2D eigenvalue weighted by Gasteiger charge is -2.11. The van der Waals surface area contributed by atoms with Gasteiger partial charge in [0.15, 0.2) is 16.6 Å². The summed E-state index contributed by atoms with van der Waals surface area (Å²) in [5.74, 6) is 1.55. The molecule has 2 aromatic carbocycles. The first-order valence-electron chi connectivity index (χ1n) is 6.86. The first-order chi connectivity index (χ1) is 10.7. The molecule has 1 aliphatic rings. The molecule has 6 heteroatoms. The molecule has 1 aliphatic heterocycles. The minimum atomic E-state index is 0.282. The van der Waals surface area contributed by atoms with Crippen molar-refractivity contribution in [3.05, 3.63) is 58.6 Å². The first kappa shape index (κ1) is 14.9. The van der Waals surface area contributed by atoms with E-state index in [2.05, 4.69) is 10.6 Å². The Kier molecular flexibility index (Phi) is 4.65. The predicted octanol–water partition coefficient (Wildman–Crippen LogP) is 3.23. The second-order valence-corrected chi connectivity index (χ2v) is 5.63. The Balaban J connectivity index is 1.49. The van der Waals surface area contributed by atoms with Gasteiger partial charge in [-0.3, -0.25) is 0 Å². The van der Waals surface area contributed by atoms with Gasteiger partial charge in [-0.25, -0.2) is 0 Å². The van der Waals surface area contributed by atoms with Crippen LogP contribution in [0.2, 0.25) is 5.02 Å². The molecular formula is C16H15ClN2O2S. The smallest absolute Gasteiger partial charge is 0.231 e. The standard InChI is InChI=1S/C16H15ClN2O2S/c17-13-4-2-1-3-12(13)9-19-16(22)18-8-11-5-6-14-15(7-11)21-10-20-14/h1-7H,8-10H2,(H2,18,19,22). The Labute approximate surface area is 139 Å². The maximum absolute atomic E-state index is 6.11. The quantitative estimate of drug-likeness (QED) is 0.840. The largest absolute Gasteiger partial charge is 0.454 e. The van der Waals surface area contributed by atoms with Crippen molar-refractivity contribution in [2.75, 3.05) is 6.79 Å². The topological polar surface area (TPSA) is 42.5 Å². The summed E-state index contributed by atoms with van der Waals surface area (Å²) in [5, 5.41) is 7.61. The van der Waals surface area contributed by atoms with Gasteiger partial charge >= 0.3 is 0 Å². The van der Waals surface area contributed by atoms with Gasteiger partial charge in [0.25, 0.3) is 0 Å². The molecule has 0 saturated heterocycles. The van der Waals surface area contributed by atoms with Crippen LogP contribution in [0.3, 0.4) is 0 Å². The Bertz CT molecular complexity index is 694. The van der Waals surface area contributed by atoms with Crippen LogP contribution in [-0.4, -0.2) is 11.9 Å². The van der Waals surface area contributed by atoms with E-state index in [4.69, 9.17) is 33.3 Å². The molecule has 114 valence electrons. The Morgan fingerprint density at radius 1 is 1.05 bits per heavy atom. The first-order valence-corrected chi connectivity index (χ1v) is 7.64. The Morgan fingerprint density at radius 3 is 2.68 bits per heavy atom. The number of hydrogen-bond acceptors (Lipinski definition) is 3. The third-order valence-electron chi connectivity index (χ3n) is 3.29. The molecule has 0 aliphatic carbocycles.